The van der Waals surface area contributed by atoms with Gasteiger partial charge in [0.25, 0.3) is 0 Å². The summed E-state index contributed by atoms with van der Waals surface area (Å²) in [5.74, 6) is 0. The van der Waals surface area contributed by atoms with E-state index in [2.05, 4.69) is 0 Å². The van der Waals surface area contributed by atoms with E-state index in [9.17, 15) is 4.39 Å². The maximum atomic E-state index is 12.9. The van der Waals surface area contributed by atoms with E-state index in [1.165, 1.54) is 11.3 Å². The summed E-state index contributed by atoms with van der Waals surface area (Å²) in [6, 6.07) is 7.73. The Hall–Kier alpha value is -0.160. The molecule has 0 amide bonds. The molecule has 0 aliphatic heterocycles. The quantitative estimate of drug-likeness (QED) is 0.645. The number of rotatable bonds is 0. The molecule has 0 radical (unpaired) electrons. The maximum absolute atomic E-state index is 12.9. The van der Waals surface area contributed by atoms with Crippen molar-refractivity contribution >= 4 is 44.0 Å². The molecule has 0 aliphatic carbocycles. The summed E-state index contributed by atoms with van der Waals surface area (Å²) in [5, 5.41) is 0.947. The van der Waals surface area contributed by atoms with Gasteiger partial charge < -0.3 is 0 Å². The molecule has 1 aromatic carbocycles. The van der Waals surface area contributed by atoms with Crippen molar-refractivity contribution in [2.75, 3.05) is 0 Å². The summed E-state index contributed by atoms with van der Waals surface area (Å²) < 4.78 is 14.7. The fraction of sp³-hybridized carbons (Fsp3) is 0. The Morgan fingerprint density at radius 2 is 2.00 bits per heavy atom. The molecule has 1 aromatic heterocycles. The second-order valence-electron chi connectivity index (χ2n) is 2.19. The summed E-state index contributed by atoms with van der Waals surface area (Å²) in [5.41, 5.74) is 0. The van der Waals surface area contributed by atoms with Crippen LogP contribution in [-0.4, -0.2) is 0 Å². The average molecular weight is 278 g/mol. The van der Waals surface area contributed by atoms with Gasteiger partial charge in [0.15, 0.2) is 5.13 Å². The largest absolute Gasteiger partial charge is 0.194 e. The molecule has 0 N–H and O–H groups in total. The molecule has 0 bridgehead atoms. The normalized spacial score (nSPS) is 10.7. The lowest BCUT2D eigenvalue weighted by atomic mass is 10.3. The van der Waals surface area contributed by atoms with Crippen molar-refractivity contribution < 1.29 is 4.39 Å². The Kier molecular flexibility index (Phi) is 1.85. The third-order valence-electron chi connectivity index (χ3n) is 1.50. The van der Waals surface area contributed by atoms with Crippen molar-refractivity contribution in [1.29, 1.82) is 0 Å². The second kappa shape index (κ2) is 2.71. The van der Waals surface area contributed by atoms with Gasteiger partial charge in [0.2, 0.25) is 0 Å². The lowest BCUT2D eigenvalue weighted by Gasteiger charge is -1.85. The highest BCUT2D eigenvalue weighted by molar-refractivity contribution is 14.1. The Labute approximate surface area is 81.2 Å². The van der Waals surface area contributed by atoms with E-state index in [4.69, 9.17) is 0 Å². The van der Waals surface area contributed by atoms with Crippen LogP contribution >= 0.6 is 33.9 Å². The van der Waals surface area contributed by atoms with Gasteiger partial charge in [-0.05, 0) is 28.7 Å². The van der Waals surface area contributed by atoms with Crippen molar-refractivity contribution in [3.05, 3.63) is 33.0 Å². The Balaban J connectivity index is 2.92. The van der Waals surface area contributed by atoms with Crippen molar-refractivity contribution in [1.82, 2.24) is 0 Å². The van der Waals surface area contributed by atoms with Gasteiger partial charge in [-0.25, -0.2) is 0 Å². The molecular formula is C8H4FIS. The van der Waals surface area contributed by atoms with E-state index in [1.807, 2.05) is 46.9 Å². The first-order valence-corrected chi connectivity index (χ1v) is 5.01. The SMILES string of the molecule is Fc1sc2ccccc2c1I. The molecule has 0 saturated carbocycles. The van der Waals surface area contributed by atoms with E-state index in [1.54, 1.807) is 0 Å². The molecule has 2 rings (SSSR count). The molecule has 0 fully saturated rings. The first-order chi connectivity index (χ1) is 5.29. The maximum Gasteiger partial charge on any atom is 0.190 e. The zero-order chi connectivity index (χ0) is 7.84. The summed E-state index contributed by atoms with van der Waals surface area (Å²) in [4.78, 5) is 0. The van der Waals surface area contributed by atoms with E-state index in [0.29, 0.717) is 0 Å². The Morgan fingerprint density at radius 1 is 1.27 bits per heavy atom. The molecule has 0 unspecified atom stereocenters. The highest BCUT2D eigenvalue weighted by Gasteiger charge is 2.06. The van der Waals surface area contributed by atoms with Gasteiger partial charge in [0.05, 0.1) is 3.57 Å². The van der Waals surface area contributed by atoms with Gasteiger partial charge in [-0.3, -0.25) is 0 Å². The van der Waals surface area contributed by atoms with Gasteiger partial charge in [-0.1, -0.05) is 18.2 Å². The second-order valence-corrected chi connectivity index (χ2v) is 4.27. The van der Waals surface area contributed by atoms with Crippen molar-refractivity contribution in [2.24, 2.45) is 0 Å². The van der Waals surface area contributed by atoms with E-state index < -0.39 is 0 Å². The van der Waals surface area contributed by atoms with Crippen molar-refractivity contribution in [3.63, 3.8) is 0 Å². The van der Waals surface area contributed by atoms with E-state index in [-0.39, 0.29) is 5.13 Å². The minimum atomic E-state index is -0.0770. The summed E-state index contributed by atoms with van der Waals surface area (Å²) >= 11 is 3.24. The highest BCUT2D eigenvalue weighted by atomic mass is 127. The summed E-state index contributed by atoms with van der Waals surface area (Å²) in [6.07, 6.45) is 0. The fourth-order valence-corrected chi connectivity index (χ4v) is 2.79. The summed E-state index contributed by atoms with van der Waals surface area (Å²) in [7, 11) is 0. The standard InChI is InChI=1S/C8H4FIS/c9-8-7(10)5-3-1-2-4-6(5)11-8/h1-4H. The number of thiophene rings is 1. The van der Waals surface area contributed by atoms with Crippen LogP contribution in [0.5, 0.6) is 0 Å². The molecule has 0 saturated heterocycles. The smallest absolute Gasteiger partial charge is 0.190 e. The molecule has 56 valence electrons. The van der Waals surface area contributed by atoms with E-state index >= 15 is 0 Å². The van der Waals surface area contributed by atoms with Gasteiger partial charge >= 0.3 is 0 Å². The van der Waals surface area contributed by atoms with E-state index in [0.717, 1.165) is 13.7 Å². The van der Waals surface area contributed by atoms with Crippen molar-refractivity contribution in [3.8, 4) is 0 Å². The third kappa shape index (κ3) is 1.16. The topological polar surface area (TPSA) is 0 Å². The molecule has 0 atom stereocenters. The summed E-state index contributed by atoms with van der Waals surface area (Å²) in [6.45, 7) is 0. The van der Waals surface area contributed by atoms with Crippen LogP contribution < -0.4 is 0 Å². The van der Waals surface area contributed by atoms with Gasteiger partial charge in [-0.2, -0.15) is 4.39 Å². The number of benzene rings is 1. The molecule has 11 heavy (non-hydrogen) atoms. The molecule has 0 aliphatic rings. The zero-order valence-electron chi connectivity index (χ0n) is 5.47. The molecule has 0 spiro atoms. The monoisotopic (exact) mass is 278 g/mol. The fourth-order valence-electron chi connectivity index (χ4n) is 0.984. The van der Waals surface area contributed by atoms with Crippen molar-refractivity contribution in [2.45, 2.75) is 0 Å². The van der Waals surface area contributed by atoms with Crippen LogP contribution in [0, 0.1) is 8.70 Å². The number of hydrogen-bond acceptors (Lipinski definition) is 1. The molecular weight excluding hydrogens is 274 g/mol. The number of halogens is 2. The lowest BCUT2D eigenvalue weighted by Crippen LogP contribution is -1.67. The van der Waals surface area contributed by atoms with Crippen LogP contribution in [0.4, 0.5) is 4.39 Å². The predicted octanol–water partition coefficient (Wildman–Crippen LogP) is 3.65. The van der Waals surface area contributed by atoms with Gasteiger partial charge in [0.1, 0.15) is 0 Å². The minimum Gasteiger partial charge on any atom is -0.194 e. The first kappa shape index (κ1) is 7.49. The lowest BCUT2D eigenvalue weighted by molar-refractivity contribution is 0.652. The third-order valence-corrected chi connectivity index (χ3v) is 3.88. The molecule has 1 heterocycles. The van der Waals surface area contributed by atoms with Crippen LogP contribution in [-0.2, 0) is 0 Å². The molecule has 3 heteroatoms. The van der Waals surface area contributed by atoms with Crippen LogP contribution in [0.3, 0.4) is 0 Å². The van der Waals surface area contributed by atoms with Crippen LogP contribution in [0.2, 0.25) is 0 Å². The Bertz CT molecular complexity index is 394. The van der Waals surface area contributed by atoms with Gasteiger partial charge in [0, 0.05) is 10.1 Å². The number of hydrogen-bond donors (Lipinski definition) is 0. The first-order valence-electron chi connectivity index (χ1n) is 3.11. The van der Waals surface area contributed by atoms with Crippen LogP contribution in [0.25, 0.3) is 10.1 Å². The van der Waals surface area contributed by atoms with Crippen LogP contribution in [0.1, 0.15) is 0 Å². The average Bonchev–Trinajstić information content (AvgIpc) is 2.30. The Morgan fingerprint density at radius 3 is 2.73 bits per heavy atom. The van der Waals surface area contributed by atoms with Crippen LogP contribution in [0.15, 0.2) is 24.3 Å². The predicted molar refractivity (Wildman–Crippen MR) is 54.5 cm³/mol. The zero-order valence-corrected chi connectivity index (χ0v) is 8.45. The number of fused-ring (bicyclic) bond motifs is 1. The molecule has 0 nitrogen and oxygen atoms in total. The molecule has 2 aromatic rings. The minimum absolute atomic E-state index is 0.0770. The van der Waals surface area contributed by atoms with Gasteiger partial charge in [-0.15, -0.1) is 11.3 Å². The highest BCUT2D eigenvalue weighted by Crippen LogP contribution is 2.30.